The van der Waals surface area contributed by atoms with Crippen molar-refractivity contribution < 1.29 is 5.21 Å². The highest BCUT2D eigenvalue weighted by Crippen LogP contribution is 2.18. The topological polar surface area (TPSA) is 87.6 Å². The summed E-state index contributed by atoms with van der Waals surface area (Å²) in [5.41, 5.74) is 5.57. The number of nitrogens with zero attached hydrogens (tertiary/aromatic N) is 4. The first-order chi connectivity index (χ1) is 8.10. The molecule has 0 aliphatic rings. The lowest BCUT2D eigenvalue weighted by Crippen LogP contribution is -2.35. The van der Waals surface area contributed by atoms with E-state index in [-0.39, 0.29) is 11.8 Å². The Bertz CT molecular complexity index is 398. The highest BCUT2D eigenvalue weighted by molar-refractivity contribution is 14.1. The van der Waals surface area contributed by atoms with E-state index in [2.05, 4.69) is 42.6 Å². The van der Waals surface area contributed by atoms with Gasteiger partial charge in [0.1, 0.15) is 18.0 Å². The summed E-state index contributed by atoms with van der Waals surface area (Å²) < 4.78 is 0.985. The van der Waals surface area contributed by atoms with Gasteiger partial charge in [0.2, 0.25) is 0 Å². The second kappa shape index (κ2) is 6.58. The lowest BCUT2D eigenvalue weighted by atomic mass is 10.1. The number of hydrogen-bond donors (Lipinski definition) is 2. The van der Waals surface area contributed by atoms with Gasteiger partial charge in [0.15, 0.2) is 0 Å². The molecule has 0 fully saturated rings. The van der Waals surface area contributed by atoms with Crippen molar-refractivity contribution in [1.29, 1.82) is 0 Å². The van der Waals surface area contributed by atoms with Gasteiger partial charge in [-0.05, 0) is 29.5 Å². The molecule has 0 saturated carbocycles. The first-order valence-corrected chi connectivity index (χ1v) is 6.35. The number of anilines is 1. The Morgan fingerprint density at radius 1 is 1.71 bits per heavy atom. The molecular formula is C10H16IN5O. The molecule has 1 atom stereocenters. The molecule has 0 aliphatic carbocycles. The Kier molecular flexibility index (Phi) is 5.39. The van der Waals surface area contributed by atoms with Crippen LogP contribution in [-0.4, -0.2) is 34.1 Å². The average molecular weight is 349 g/mol. The van der Waals surface area contributed by atoms with E-state index < -0.39 is 0 Å². The minimum absolute atomic E-state index is 0.0364. The molecule has 1 aromatic heterocycles. The second-order valence-electron chi connectivity index (χ2n) is 3.66. The van der Waals surface area contributed by atoms with E-state index in [1.807, 2.05) is 13.8 Å². The van der Waals surface area contributed by atoms with E-state index in [0.717, 1.165) is 15.9 Å². The fourth-order valence-corrected chi connectivity index (χ4v) is 2.07. The van der Waals surface area contributed by atoms with Crippen molar-refractivity contribution >= 4 is 34.2 Å². The van der Waals surface area contributed by atoms with Crippen LogP contribution in [0.2, 0.25) is 0 Å². The molecule has 1 aromatic rings. The van der Waals surface area contributed by atoms with E-state index in [4.69, 9.17) is 10.9 Å². The molecule has 1 heterocycles. The molecule has 0 spiro atoms. The molecule has 0 amide bonds. The summed E-state index contributed by atoms with van der Waals surface area (Å²) in [6, 6.07) is 0. The summed E-state index contributed by atoms with van der Waals surface area (Å²) in [6.07, 6.45) is 3.29. The number of hydrogen-bond acceptors (Lipinski definition) is 5. The van der Waals surface area contributed by atoms with Crippen LogP contribution in [0.1, 0.15) is 13.8 Å². The highest BCUT2D eigenvalue weighted by Gasteiger charge is 2.16. The van der Waals surface area contributed by atoms with Crippen LogP contribution in [0.4, 0.5) is 5.82 Å². The predicted molar refractivity (Wildman–Crippen MR) is 75.2 cm³/mol. The quantitative estimate of drug-likeness (QED) is 0.275. The molecule has 1 unspecified atom stereocenters. The van der Waals surface area contributed by atoms with Crippen LogP contribution in [0, 0.1) is 9.49 Å². The summed E-state index contributed by atoms with van der Waals surface area (Å²) in [7, 11) is 0. The van der Waals surface area contributed by atoms with Gasteiger partial charge in [-0.15, -0.1) is 0 Å². The molecule has 3 N–H and O–H groups in total. The zero-order chi connectivity index (χ0) is 12.8. The lowest BCUT2D eigenvalue weighted by molar-refractivity contribution is 0.314. The van der Waals surface area contributed by atoms with Crippen molar-refractivity contribution in [3.05, 3.63) is 16.1 Å². The first-order valence-electron chi connectivity index (χ1n) is 5.28. The molecule has 0 saturated heterocycles. The van der Waals surface area contributed by atoms with E-state index >= 15 is 0 Å². The minimum Gasteiger partial charge on any atom is -0.409 e. The van der Waals surface area contributed by atoms with Crippen molar-refractivity contribution in [2.45, 2.75) is 13.8 Å². The fourth-order valence-electron chi connectivity index (χ4n) is 1.43. The monoisotopic (exact) mass is 349 g/mol. The van der Waals surface area contributed by atoms with Crippen molar-refractivity contribution in [3.8, 4) is 0 Å². The number of rotatable bonds is 5. The van der Waals surface area contributed by atoms with Gasteiger partial charge in [-0.1, -0.05) is 12.1 Å². The van der Waals surface area contributed by atoms with Gasteiger partial charge in [-0.3, -0.25) is 0 Å². The van der Waals surface area contributed by atoms with Crippen LogP contribution in [0.15, 0.2) is 17.7 Å². The van der Waals surface area contributed by atoms with Crippen molar-refractivity contribution in [3.63, 3.8) is 0 Å². The second-order valence-corrected chi connectivity index (χ2v) is 4.82. The Balaban J connectivity index is 2.83. The van der Waals surface area contributed by atoms with Crippen molar-refractivity contribution in [1.82, 2.24) is 9.97 Å². The van der Waals surface area contributed by atoms with Crippen LogP contribution in [0.25, 0.3) is 0 Å². The maximum Gasteiger partial charge on any atom is 0.145 e. The fraction of sp³-hybridized carbons (Fsp3) is 0.500. The summed E-state index contributed by atoms with van der Waals surface area (Å²) in [4.78, 5) is 10.3. The van der Waals surface area contributed by atoms with Crippen LogP contribution < -0.4 is 10.6 Å². The maximum atomic E-state index is 8.63. The molecular weight excluding hydrogens is 333 g/mol. The van der Waals surface area contributed by atoms with Gasteiger partial charge < -0.3 is 15.8 Å². The first kappa shape index (κ1) is 13.9. The Labute approximate surface area is 114 Å². The zero-order valence-electron chi connectivity index (χ0n) is 9.84. The molecule has 0 aliphatic heterocycles. The molecule has 0 aromatic carbocycles. The van der Waals surface area contributed by atoms with Crippen LogP contribution in [0.5, 0.6) is 0 Å². The molecule has 1 rings (SSSR count). The molecule has 0 radical (unpaired) electrons. The van der Waals surface area contributed by atoms with Crippen molar-refractivity contribution in [2.75, 3.05) is 18.0 Å². The standard InChI is InChI=1S/C10H16IN5O/c1-3-16(5-7(2)9(12)15-17)10-8(11)4-13-6-14-10/h4,6-7,17H,3,5H2,1-2H3,(H2,12,15). The van der Waals surface area contributed by atoms with Gasteiger partial charge in [0.05, 0.1) is 3.57 Å². The van der Waals surface area contributed by atoms with Gasteiger partial charge >= 0.3 is 0 Å². The number of nitrogens with two attached hydrogens (primary N) is 1. The number of oxime groups is 1. The van der Waals surface area contributed by atoms with Crippen LogP contribution in [0.3, 0.4) is 0 Å². The smallest absolute Gasteiger partial charge is 0.145 e. The molecule has 6 nitrogen and oxygen atoms in total. The SMILES string of the molecule is CCN(CC(C)C(N)=NO)c1ncncc1I. The number of halogens is 1. The van der Waals surface area contributed by atoms with E-state index in [0.29, 0.717) is 6.54 Å². The van der Waals surface area contributed by atoms with Gasteiger partial charge in [-0.25, -0.2) is 9.97 Å². The molecule has 0 bridgehead atoms. The summed E-state index contributed by atoms with van der Waals surface area (Å²) in [6.45, 7) is 5.40. The lowest BCUT2D eigenvalue weighted by Gasteiger charge is -2.25. The summed E-state index contributed by atoms with van der Waals surface area (Å²) in [5, 5.41) is 11.7. The summed E-state index contributed by atoms with van der Waals surface area (Å²) >= 11 is 2.19. The van der Waals surface area contributed by atoms with E-state index in [9.17, 15) is 0 Å². The van der Waals surface area contributed by atoms with Gasteiger partial charge in [0, 0.05) is 25.2 Å². The normalized spacial score (nSPS) is 13.5. The number of amidine groups is 1. The van der Waals surface area contributed by atoms with Crippen LogP contribution >= 0.6 is 22.6 Å². The van der Waals surface area contributed by atoms with E-state index in [1.54, 1.807) is 6.20 Å². The van der Waals surface area contributed by atoms with Gasteiger partial charge in [-0.2, -0.15) is 0 Å². The molecule has 7 heteroatoms. The maximum absolute atomic E-state index is 8.63. The third kappa shape index (κ3) is 3.69. The van der Waals surface area contributed by atoms with Crippen molar-refractivity contribution in [2.24, 2.45) is 16.8 Å². The largest absolute Gasteiger partial charge is 0.409 e. The predicted octanol–water partition coefficient (Wildman–Crippen LogP) is 1.29. The highest BCUT2D eigenvalue weighted by atomic mass is 127. The van der Waals surface area contributed by atoms with E-state index in [1.165, 1.54) is 6.33 Å². The molecule has 94 valence electrons. The number of aromatic nitrogens is 2. The average Bonchev–Trinajstić information content (AvgIpc) is 2.35. The Morgan fingerprint density at radius 3 is 2.94 bits per heavy atom. The Morgan fingerprint density at radius 2 is 2.41 bits per heavy atom. The summed E-state index contributed by atoms with van der Waals surface area (Å²) in [5.74, 6) is 1.07. The molecule has 17 heavy (non-hydrogen) atoms. The third-order valence-corrected chi connectivity index (χ3v) is 3.21. The minimum atomic E-state index is -0.0364. The van der Waals surface area contributed by atoms with Gasteiger partial charge in [0.25, 0.3) is 0 Å². The Hall–Kier alpha value is -1.12. The third-order valence-electron chi connectivity index (χ3n) is 2.44. The van der Waals surface area contributed by atoms with Crippen LogP contribution in [-0.2, 0) is 0 Å². The zero-order valence-corrected chi connectivity index (χ0v) is 12.0.